The maximum absolute atomic E-state index is 4.89. The molecule has 0 atom stereocenters. The molecule has 0 aliphatic heterocycles. The molecule has 0 heterocycles. The minimum atomic E-state index is -0.556. The first-order valence-electron chi connectivity index (χ1n) is 5.88. The molecule has 0 aromatic rings. The third-order valence-corrected chi connectivity index (χ3v) is 9.00. The summed E-state index contributed by atoms with van der Waals surface area (Å²) in [6.07, 6.45) is 0. The molecule has 5 heteroatoms. The van der Waals surface area contributed by atoms with Gasteiger partial charge in [0.25, 0.3) is 0 Å². The molecular weight excluding hydrogens is 344 g/mol. The van der Waals surface area contributed by atoms with E-state index in [0.717, 1.165) is 0 Å². The van der Waals surface area contributed by atoms with Crippen molar-refractivity contribution in [1.82, 2.24) is 0 Å². The van der Waals surface area contributed by atoms with Crippen molar-refractivity contribution in [1.29, 1.82) is 0 Å². The van der Waals surface area contributed by atoms with Crippen molar-refractivity contribution in [3.8, 4) is 0 Å². The van der Waals surface area contributed by atoms with E-state index in [-0.39, 0.29) is 17.6 Å². The summed E-state index contributed by atoms with van der Waals surface area (Å²) < 4.78 is 0. The maximum atomic E-state index is 4.89. The quantitative estimate of drug-likeness (QED) is 0.451. The Morgan fingerprint density at radius 3 is 0.706 bits per heavy atom. The predicted octanol–water partition coefficient (Wildman–Crippen LogP) is 6.08. The van der Waals surface area contributed by atoms with Crippen LogP contribution >= 0.6 is 20.0 Å². The predicted molar refractivity (Wildman–Crippen MR) is 91.9 cm³/mol. The monoisotopic (exact) mass is 374 g/mol. The SMILES string of the molecule is C[Si](C)C(C)(C)C.C[Si](C)C(C)(C)C.[Cl][Ge][Cl]. The van der Waals surface area contributed by atoms with Crippen molar-refractivity contribution < 1.29 is 0 Å². The van der Waals surface area contributed by atoms with Crippen LogP contribution in [0.4, 0.5) is 0 Å². The molecule has 0 rings (SSSR count). The Bertz CT molecular complexity index is 143. The zero-order valence-corrected chi connectivity index (χ0v) is 18.9. The summed E-state index contributed by atoms with van der Waals surface area (Å²) >= 11 is -0.556. The van der Waals surface area contributed by atoms with Crippen LogP contribution in [0.1, 0.15) is 41.5 Å². The summed E-state index contributed by atoms with van der Waals surface area (Å²) in [6, 6.07) is 0. The molecule has 0 N–H and O–H groups in total. The molecule has 104 valence electrons. The van der Waals surface area contributed by atoms with Gasteiger partial charge in [0.15, 0.2) is 0 Å². The Hall–Kier alpha value is 1.56. The molecule has 0 spiro atoms. The van der Waals surface area contributed by atoms with E-state index in [0.29, 0.717) is 10.1 Å². The molecule has 0 fully saturated rings. The second kappa shape index (κ2) is 11.4. The summed E-state index contributed by atoms with van der Waals surface area (Å²) in [5.41, 5.74) is 0. The van der Waals surface area contributed by atoms with Gasteiger partial charge in [-0.3, -0.25) is 0 Å². The Morgan fingerprint density at radius 2 is 0.706 bits per heavy atom. The molecular formula is C12H30Cl2GeSi2. The molecule has 0 aliphatic carbocycles. The van der Waals surface area contributed by atoms with Crippen LogP contribution in [-0.4, -0.2) is 31.2 Å². The summed E-state index contributed by atoms with van der Waals surface area (Å²) in [6.45, 7) is 23.2. The first kappa shape index (κ1) is 23.6. The Labute approximate surface area is 128 Å². The van der Waals surface area contributed by atoms with Gasteiger partial charge in [-0.2, -0.15) is 0 Å². The van der Waals surface area contributed by atoms with E-state index < -0.39 is 13.6 Å². The molecule has 0 saturated heterocycles. The Kier molecular flexibility index (Phi) is 15.8. The van der Waals surface area contributed by atoms with Gasteiger partial charge in [0, 0.05) is 17.6 Å². The van der Waals surface area contributed by atoms with Gasteiger partial charge in [0.05, 0.1) is 0 Å². The number of hydrogen-bond acceptors (Lipinski definition) is 0. The van der Waals surface area contributed by atoms with E-state index in [4.69, 9.17) is 20.0 Å². The molecule has 0 amide bonds. The minimum absolute atomic E-state index is 0.0502. The standard InChI is InChI=1S/2C6H15Si.Cl2Ge/c2*1-6(2,3)7(4)5;1-3-2/h2*1-5H3;. The van der Waals surface area contributed by atoms with E-state index in [1.54, 1.807) is 0 Å². The molecule has 0 aromatic heterocycles. The third kappa shape index (κ3) is 23.1. The van der Waals surface area contributed by atoms with Gasteiger partial charge in [-0.25, -0.2) is 0 Å². The fraction of sp³-hybridized carbons (Fsp3) is 1.00. The van der Waals surface area contributed by atoms with Gasteiger partial charge < -0.3 is 0 Å². The topological polar surface area (TPSA) is 0 Å². The summed E-state index contributed by atoms with van der Waals surface area (Å²) in [7, 11) is 9.68. The zero-order chi connectivity index (χ0) is 14.9. The van der Waals surface area contributed by atoms with E-state index in [9.17, 15) is 0 Å². The van der Waals surface area contributed by atoms with Crippen LogP contribution in [0.15, 0.2) is 0 Å². The molecule has 0 aliphatic rings. The van der Waals surface area contributed by atoms with Gasteiger partial charge in [-0.15, -0.1) is 0 Å². The summed E-state index contributed by atoms with van der Waals surface area (Å²) in [4.78, 5) is 0. The summed E-state index contributed by atoms with van der Waals surface area (Å²) in [5.74, 6) is 0. The molecule has 0 unspecified atom stereocenters. The fourth-order valence-electron chi connectivity index (χ4n) is 0. The number of hydrogen-bond donors (Lipinski definition) is 0. The normalized spacial score (nSPS) is 11.6. The van der Waals surface area contributed by atoms with Crippen molar-refractivity contribution in [3.05, 3.63) is 0 Å². The molecule has 0 saturated carbocycles. The van der Waals surface area contributed by atoms with Crippen molar-refractivity contribution in [2.24, 2.45) is 0 Å². The molecule has 0 aromatic carbocycles. The second-order valence-electron chi connectivity index (χ2n) is 6.57. The van der Waals surface area contributed by atoms with Crippen molar-refractivity contribution in [2.45, 2.75) is 77.8 Å². The Balaban J connectivity index is -0.000000188. The first-order valence-corrected chi connectivity index (χ1v) is 16.4. The first-order chi connectivity index (χ1) is 7.30. The van der Waals surface area contributed by atoms with E-state index in [1.165, 1.54) is 0 Å². The zero-order valence-electron chi connectivity index (χ0n) is 13.3. The van der Waals surface area contributed by atoms with Crippen LogP contribution in [0, 0.1) is 0 Å². The van der Waals surface area contributed by atoms with Crippen LogP contribution < -0.4 is 0 Å². The number of halogens is 2. The van der Waals surface area contributed by atoms with Gasteiger partial charge in [-0.1, -0.05) is 67.7 Å². The van der Waals surface area contributed by atoms with Crippen LogP contribution in [-0.2, 0) is 0 Å². The van der Waals surface area contributed by atoms with Crippen LogP contribution in [0.5, 0.6) is 0 Å². The third-order valence-electron chi connectivity index (χ3n) is 3.00. The van der Waals surface area contributed by atoms with E-state index >= 15 is 0 Å². The van der Waals surface area contributed by atoms with Gasteiger partial charge in [0.1, 0.15) is 0 Å². The van der Waals surface area contributed by atoms with Crippen LogP contribution in [0.25, 0.3) is 0 Å². The second-order valence-corrected chi connectivity index (χ2v) is 16.8. The van der Waals surface area contributed by atoms with Crippen molar-refractivity contribution in [3.63, 3.8) is 0 Å². The van der Waals surface area contributed by atoms with Crippen molar-refractivity contribution in [2.75, 3.05) is 0 Å². The van der Waals surface area contributed by atoms with Crippen LogP contribution in [0.2, 0.25) is 36.3 Å². The number of rotatable bonds is 0. The van der Waals surface area contributed by atoms with Gasteiger partial charge in [-0.05, 0) is 10.1 Å². The van der Waals surface area contributed by atoms with Crippen molar-refractivity contribution >= 4 is 51.2 Å². The van der Waals surface area contributed by atoms with Gasteiger partial charge >= 0.3 is 33.6 Å². The fourth-order valence-corrected chi connectivity index (χ4v) is 0. The summed E-state index contributed by atoms with van der Waals surface area (Å²) in [5, 5.41) is 1.20. The van der Waals surface area contributed by atoms with E-state index in [1.807, 2.05) is 0 Å². The Morgan fingerprint density at radius 1 is 0.647 bits per heavy atom. The van der Waals surface area contributed by atoms with E-state index in [2.05, 4.69) is 67.7 Å². The average Bonchev–Trinajstić information content (AvgIpc) is 2.02. The molecule has 17 heavy (non-hydrogen) atoms. The van der Waals surface area contributed by atoms with Crippen LogP contribution in [0.3, 0.4) is 0 Å². The molecule has 0 nitrogen and oxygen atoms in total. The molecule has 4 radical (unpaired) electrons. The molecule has 0 bridgehead atoms. The average molecular weight is 374 g/mol. The van der Waals surface area contributed by atoms with Gasteiger partial charge in [0.2, 0.25) is 0 Å².